The van der Waals surface area contributed by atoms with E-state index in [-0.39, 0.29) is 29.2 Å². The van der Waals surface area contributed by atoms with Gasteiger partial charge in [0.25, 0.3) is 11.5 Å². The first kappa shape index (κ1) is 17.2. The van der Waals surface area contributed by atoms with Crippen molar-refractivity contribution in [3.8, 4) is 0 Å². The van der Waals surface area contributed by atoms with E-state index < -0.39 is 5.56 Å². The Balaban J connectivity index is 1.58. The van der Waals surface area contributed by atoms with Crippen LogP contribution in [0.2, 0.25) is 0 Å². The van der Waals surface area contributed by atoms with Gasteiger partial charge >= 0.3 is 0 Å². The molecule has 0 saturated heterocycles. The molecule has 1 fully saturated rings. The Labute approximate surface area is 155 Å². The summed E-state index contributed by atoms with van der Waals surface area (Å²) in [4.78, 5) is 41.6. The van der Waals surface area contributed by atoms with Crippen LogP contribution >= 0.6 is 11.3 Å². The highest BCUT2D eigenvalue weighted by Crippen LogP contribution is 2.33. The summed E-state index contributed by atoms with van der Waals surface area (Å²) >= 11 is 1.63. The third kappa shape index (κ3) is 3.38. The maximum Gasteiger partial charge on any atom is 0.261 e. The number of amides is 1. The van der Waals surface area contributed by atoms with E-state index in [4.69, 9.17) is 0 Å². The summed E-state index contributed by atoms with van der Waals surface area (Å²) in [5.74, 6) is -0.269. The van der Waals surface area contributed by atoms with Gasteiger partial charge in [0.05, 0.1) is 0 Å². The number of nitrogens with one attached hydrogen (secondary N) is 2. The summed E-state index contributed by atoms with van der Waals surface area (Å²) < 4.78 is 0. The van der Waals surface area contributed by atoms with Crippen LogP contribution in [0, 0.1) is 0 Å². The van der Waals surface area contributed by atoms with Crippen molar-refractivity contribution in [3.05, 3.63) is 55.6 Å². The van der Waals surface area contributed by atoms with E-state index >= 15 is 0 Å². The van der Waals surface area contributed by atoms with Gasteiger partial charge in [-0.25, -0.2) is 0 Å². The van der Waals surface area contributed by atoms with E-state index in [1.165, 1.54) is 12.5 Å². The number of ketones is 1. The van der Waals surface area contributed by atoms with Crippen LogP contribution in [-0.4, -0.2) is 22.7 Å². The second-order valence-electron chi connectivity index (χ2n) is 7.26. The van der Waals surface area contributed by atoms with Crippen molar-refractivity contribution < 1.29 is 9.59 Å². The number of aromatic amines is 1. The second-order valence-corrected chi connectivity index (χ2v) is 8.24. The summed E-state index contributed by atoms with van der Waals surface area (Å²) in [6.45, 7) is 0. The smallest absolute Gasteiger partial charge is 0.261 e. The Morgan fingerprint density at radius 1 is 1.15 bits per heavy atom. The Morgan fingerprint density at radius 2 is 1.96 bits per heavy atom. The third-order valence-corrected chi connectivity index (χ3v) is 6.47. The highest BCUT2D eigenvalue weighted by Gasteiger charge is 2.29. The molecule has 0 aromatic carbocycles. The van der Waals surface area contributed by atoms with Crippen LogP contribution in [0.25, 0.3) is 0 Å². The number of thiophene rings is 1. The first-order chi connectivity index (χ1) is 12.6. The number of H-pyrrole nitrogens is 1. The second kappa shape index (κ2) is 7.19. The third-order valence-electron chi connectivity index (χ3n) is 5.44. The largest absolute Gasteiger partial charge is 0.349 e. The molecule has 0 unspecified atom stereocenters. The summed E-state index contributed by atoms with van der Waals surface area (Å²) in [5.41, 5.74) is 0.791. The topological polar surface area (TPSA) is 79.0 Å². The molecule has 136 valence electrons. The minimum Gasteiger partial charge on any atom is -0.349 e. The van der Waals surface area contributed by atoms with Gasteiger partial charge in [0, 0.05) is 34.5 Å². The number of hydrogen-bond acceptors (Lipinski definition) is 4. The van der Waals surface area contributed by atoms with Gasteiger partial charge in [-0.2, -0.15) is 0 Å². The van der Waals surface area contributed by atoms with Crippen molar-refractivity contribution in [2.45, 2.75) is 56.9 Å². The van der Waals surface area contributed by atoms with Crippen molar-refractivity contribution in [1.82, 2.24) is 10.3 Å². The fourth-order valence-electron chi connectivity index (χ4n) is 4.03. The van der Waals surface area contributed by atoms with E-state index in [1.54, 1.807) is 11.3 Å². The Hall–Kier alpha value is -2.21. The lowest BCUT2D eigenvalue weighted by atomic mass is 9.84. The Morgan fingerprint density at radius 3 is 2.69 bits per heavy atom. The average Bonchev–Trinajstić information content (AvgIpc) is 3.16. The van der Waals surface area contributed by atoms with Crippen LogP contribution in [0.15, 0.2) is 28.4 Å². The zero-order chi connectivity index (χ0) is 18.1. The van der Waals surface area contributed by atoms with Crippen LogP contribution in [0.3, 0.4) is 0 Å². The molecule has 0 spiro atoms. The average molecular weight is 370 g/mol. The predicted molar refractivity (Wildman–Crippen MR) is 101 cm³/mol. The number of fused-ring (bicyclic) bond motifs is 1. The van der Waals surface area contributed by atoms with E-state index in [9.17, 15) is 14.4 Å². The molecule has 2 aromatic rings. The van der Waals surface area contributed by atoms with Crippen molar-refractivity contribution >= 4 is 23.0 Å². The molecule has 2 heterocycles. The molecule has 4 rings (SSSR count). The summed E-state index contributed by atoms with van der Waals surface area (Å²) in [6, 6.07) is 5.63. The predicted octanol–water partition coefficient (Wildman–Crippen LogP) is 3.41. The number of carbonyl (C=O) groups excluding carboxylic acids is 2. The maximum absolute atomic E-state index is 12.6. The number of aromatic nitrogens is 1. The quantitative estimate of drug-likeness (QED) is 0.869. The number of carbonyl (C=O) groups is 2. The molecular weight excluding hydrogens is 348 g/mol. The SMILES string of the molecule is O=C1C[C@@H](c2cccs2)Cc2[nH]c(=O)c(C(=O)NC3CCCCC3)cc21. The fourth-order valence-corrected chi connectivity index (χ4v) is 4.86. The molecule has 0 radical (unpaired) electrons. The number of pyridine rings is 1. The molecule has 2 aromatic heterocycles. The Bertz CT molecular complexity index is 879. The molecule has 6 heteroatoms. The molecule has 2 aliphatic rings. The van der Waals surface area contributed by atoms with Gasteiger partial charge in [-0.1, -0.05) is 25.3 Å². The van der Waals surface area contributed by atoms with Gasteiger partial charge in [-0.15, -0.1) is 11.3 Å². The minimum atomic E-state index is -0.406. The number of Topliss-reactive ketones (excluding diaryl/α,β-unsaturated/α-hetero) is 1. The van der Waals surface area contributed by atoms with E-state index in [2.05, 4.69) is 10.3 Å². The monoisotopic (exact) mass is 370 g/mol. The molecule has 1 saturated carbocycles. The summed E-state index contributed by atoms with van der Waals surface area (Å²) in [6.07, 6.45) is 6.37. The van der Waals surface area contributed by atoms with Gasteiger partial charge in [0.1, 0.15) is 5.56 Å². The van der Waals surface area contributed by atoms with Crippen LogP contribution in [0.5, 0.6) is 0 Å². The van der Waals surface area contributed by atoms with Crippen molar-refractivity contribution in [2.24, 2.45) is 0 Å². The lowest BCUT2D eigenvalue weighted by Crippen LogP contribution is -2.39. The molecule has 2 N–H and O–H groups in total. The highest BCUT2D eigenvalue weighted by atomic mass is 32.1. The van der Waals surface area contributed by atoms with Crippen LogP contribution in [-0.2, 0) is 6.42 Å². The minimum absolute atomic E-state index is 0.00684. The first-order valence-electron chi connectivity index (χ1n) is 9.25. The number of rotatable bonds is 3. The molecule has 0 bridgehead atoms. The lowest BCUT2D eigenvalue weighted by Gasteiger charge is -2.24. The standard InChI is InChI=1S/C20H22N2O3S/c23-17-10-12(18-7-4-8-26-18)9-16-14(17)11-15(20(25)22-16)19(24)21-13-5-2-1-3-6-13/h4,7-8,11-13H,1-3,5-6,9-10H2,(H,21,24)(H,22,25)/t12-/m0/s1. The fraction of sp³-hybridized carbons (Fsp3) is 0.450. The summed E-state index contributed by atoms with van der Waals surface area (Å²) in [7, 11) is 0. The molecule has 26 heavy (non-hydrogen) atoms. The molecule has 5 nitrogen and oxygen atoms in total. The molecular formula is C20H22N2O3S. The first-order valence-corrected chi connectivity index (χ1v) is 10.1. The van der Waals surface area contributed by atoms with Gasteiger partial charge in [-0.3, -0.25) is 14.4 Å². The normalized spacial score (nSPS) is 20.6. The van der Waals surface area contributed by atoms with Gasteiger partial charge in [0.2, 0.25) is 0 Å². The van der Waals surface area contributed by atoms with E-state index in [0.29, 0.717) is 24.1 Å². The molecule has 0 aliphatic heterocycles. The van der Waals surface area contributed by atoms with Crippen molar-refractivity contribution in [3.63, 3.8) is 0 Å². The zero-order valence-corrected chi connectivity index (χ0v) is 15.4. The number of hydrogen-bond donors (Lipinski definition) is 2. The van der Waals surface area contributed by atoms with Crippen LogP contribution in [0.1, 0.15) is 75.7 Å². The van der Waals surface area contributed by atoms with Gasteiger partial charge in [0.15, 0.2) is 5.78 Å². The molecule has 1 amide bonds. The van der Waals surface area contributed by atoms with Crippen molar-refractivity contribution in [1.29, 1.82) is 0 Å². The maximum atomic E-state index is 12.6. The highest BCUT2D eigenvalue weighted by molar-refractivity contribution is 7.10. The molecule has 2 aliphatic carbocycles. The zero-order valence-electron chi connectivity index (χ0n) is 14.5. The van der Waals surface area contributed by atoms with Crippen LogP contribution in [0.4, 0.5) is 0 Å². The Kier molecular flexibility index (Phi) is 4.76. The van der Waals surface area contributed by atoms with Gasteiger partial charge in [-0.05, 0) is 36.8 Å². The van der Waals surface area contributed by atoms with Crippen molar-refractivity contribution in [2.75, 3.05) is 0 Å². The van der Waals surface area contributed by atoms with Crippen LogP contribution < -0.4 is 10.9 Å². The van der Waals surface area contributed by atoms with E-state index in [0.717, 1.165) is 30.6 Å². The lowest BCUT2D eigenvalue weighted by molar-refractivity contribution is 0.0926. The molecule has 1 atom stereocenters. The summed E-state index contributed by atoms with van der Waals surface area (Å²) in [5, 5.41) is 4.96. The van der Waals surface area contributed by atoms with E-state index in [1.807, 2.05) is 17.5 Å². The van der Waals surface area contributed by atoms with Gasteiger partial charge < -0.3 is 10.3 Å².